The molecule has 0 heterocycles. The van der Waals surface area contributed by atoms with Gasteiger partial charge in [0.15, 0.2) is 0 Å². The third-order valence-corrected chi connectivity index (χ3v) is 3.71. The molecule has 0 aromatic heterocycles. The van der Waals surface area contributed by atoms with Gasteiger partial charge in [0.05, 0.1) is 11.8 Å². The smallest absolute Gasteiger partial charge is 0.147 e. The molecule has 2 rings (SSSR count). The van der Waals surface area contributed by atoms with Gasteiger partial charge in [0.25, 0.3) is 0 Å². The fourth-order valence-electron chi connectivity index (χ4n) is 1.94. The van der Waals surface area contributed by atoms with Crippen LogP contribution in [0, 0.1) is 11.2 Å². The first-order valence-electron chi connectivity index (χ1n) is 5.31. The Kier molecular flexibility index (Phi) is 2.84. The summed E-state index contributed by atoms with van der Waals surface area (Å²) in [7, 11) is 0. The van der Waals surface area contributed by atoms with Crippen molar-refractivity contribution in [2.45, 2.75) is 32.4 Å². The quantitative estimate of drug-likeness (QED) is 0.837. The maximum Gasteiger partial charge on any atom is 0.147 e. The standard InChI is InChI=1S/C12H15ClFNO/c1-12(2)10(6-11(12)16)15-9-4-3-7(13)5-8(9)14/h3-5,10-11,15-16H,6H2,1-2H3. The number of hydrogen-bond acceptors (Lipinski definition) is 2. The van der Waals surface area contributed by atoms with Crippen LogP contribution < -0.4 is 5.32 Å². The Bertz CT molecular complexity index is 408. The molecule has 1 saturated carbocycles. The highest BCUT2D eigenvalue weighted by Gasteiger charge is 2.47. The topological polar surface area (TPSA) is 32.3 Å². The highest BCUT2D eigenvalue weighted by atomic mass is 35.5. The van der Waals surface area contributed by atoms with Crippen LogP contribution in [-0.4, -0.2) is 17.3 Å². The average molecular weight is 244 g/mol. The van der Waals surface area contributed by atoms with Crippen LogP contribution in [0.25, 0.3) is 0 Å². The summed E-state index contributed by atoms with van der Waals surface area (Å²) in [5, 5.41) is 13.1. The summed E-state index contributed by atoms with van der Waals surface area (Å²) in [5.41, 5.74) is 0.223. The fraction of sp³-hybridized carbons (Fsp3) is 0.500. The lowest BCUT2D eigenvalue weighted by atomic mass is 9.64. The number of anilines is 1. The van der Waals surface area contributed by atoms with E-state index in [0.717, 1.165) is 0 Å². The van der Waals surface area contributed by atoms with E-state index in [-0.39, 0.29) is 23.4 Å². The van der Waals surface area contributed by atoms with Crippen LogP contribution in [0.2, 0.25) is 5.02 Å². The third-order valence-electron chi connectivity index (χ3n) is 3.48. The van der Waals surface area contributed by atoms with Crippen molar-refractivity contribution >= 4 is 17.3 Å². The number of hydrogen-bond donors (Lipinski definition) is 2. The lowest BCUT2D eigenvalue weighted by Gasteiger charge is -2.49. The molecule has 16 heavy (non-hydrogen) atoms. The van der Waals surface area contributed by atoms with Crippen LogP contribution >= 0.6 is 11.6 Å². The molecule has 2 N–H and O–H groups in total. The monoisotopic (exact) mass is 243 g/mol. The van der Waals surface area contributed by atoms with E-state index in [1.807, 2.05) is 13.8 Å². The second-order valence-corrected chi connectivity index (χ2v) is 5.33. The number of aliphatic hydroxyl groups is 1. The van der Waals surface area contributed by atoms with Crippen molar-refractivity contribution in [3.8, 4) is 0 Å². The van der Waals surface area contributed by atoms with Gasteiger partial charge in [0.1, 0.15) is 5.82 Å². The predicted molar refractivity (Wildman–Crippen MR) is 63.2 cm³/mol. The minimum Gasteiger partial charge on any atom is -0.392 e. The van der Waals surface area contributed by atoms with Gasteiger partial charge in [-0.15, -0.1) is 0 Å². The average Bonchev–Trinajstić information content (AvgIpc) is 2.21. The molecule has 88 valence electrons. The highest BCUT2D eigenvalue weighted by Crippen LogP contribution is 2.42. The van der Waals surface area contributed by atoms with Crippen molar-refractivity contribution in [2.24, 2.45) is 5.41 Å². The number of benzene rings is 1. The normalized spacial score (nSPS) is 27.3. The van der Waals surface area contributed by atoms with Crippen molar-refractivity contribution in [1.29, 1.82) is 0 Å². The first-order chi connectivity index (χ1) is 7.41. The van der Waals surface area contributed by atoms with E-state index in [1.54, 1.807) is 12.1 Å². The Morgan fingerprint density at radius 2 is 2.19 bits per heavy atom. The minimum absolute atomic E-state index is 0.0955. The minimum atomic E-state index is -0.357. The molecule has 0 amide bonds. The van der Waals surface area contributed by atoms with Crippen molar-refractivity contribution in [1.82, 2.24) is 0 Å². The molecule has 1 aromatic carbocycles. The SMILES string of the molecule is CC1(C)C(O)CC1Nc1ccc(Cl)cc1F. The molecule has 2 nitrogen and oxygen atoms in total. The van der Waals surface area contributed by atoms with Gasteiger partial charge in [0, 0.05) is 16.5 Å². The van der Waals surface area contributed by atoms with Gasteiger partial charge in [0.2, 0.25) is 0 Å². The summed E-state index contributed by atoms with van der Waals surface area (Å²) in [5.74, 6) is -0.357. The van der Waals surface area contributed by atoms with E-state index < -0.39 is 0 Å². The van der Waals surface area contributed by atoms with Crippen molar-refractivity contribution in [3.63, 3.8) is 0 Å². The molecule has 2 unspecified atom stereocenters. The van der Waals surface area contributed by atoms with E-state index in [9.17, 15) is 9.50 Å². The molecule has 1 fully saturated rings. The lowest BCUT2D eigenvalue weighted by Crippen LogP contribution is -2.57. The summed E-state index contributed by atoms with van der Waals surface area (Å²) in [4.78, 5) is 0. The molecule has 1 aromatic rings. The largest absolute Gasteiger partial charge is 0.392 e. The number of aliphatic hydroxyl groups excluding tert-OH is 1. The van der Waals surface area contributed by atoms with Gasteiger partial charge < -0.3 is 10.4 Å². The van der Waals surface area contributed by atoms with Gasteiger partial charge in [-0.3, -0.25) is 0 Å². The third kappa shape index (κ3) is 1.89. The Balaban J connectivity index is 2.11. The van der Waals surface area contributed by atoms with Crippen LogP contribution in [0.1, 0.15) is 20.3 Å². The van der Waals surface area contributed by atoms with Gasteiger partial charge in [-0.2, -0.15) is 0 Å². The Hall–Kier alpha value is -0.800. The van der Waals surface area contributed by atoms with E-state index in [2.05, 4.69) is 5.32 Å². The van der Waals surface area contributed by atoms with E-state index >= 15 is 0 Å². The molecule has 1 aliphatic carbocycles. The second kappa shape index (κ2) is 3.90. The second-order valence-electron chi connectivity index (χ2n) is 4.89. The van der Waals surface area contributed by atoms with Gasteiger partial charge in [-0.05, 0) is 24.6 Å². The van der Waals surface area contributed by atoms with Crippen LogP contribution in [-0.2, 0) is 0 Å². The van der Waals surface area contributed by atoms with E-state index in [1.165, 1.54) is 6.07 Å². The molecule has 0 spiro atoms. The van der Waals surface area contributed by atoms with E-state index in [4.69, 9.17) is 11.6 Å². The molecular formula is C12H15ClFNO. The Labute approximate surface area is 99.4 Å². The van der Waals surface area contributed by atoms with Crippen LogP contribution in [0.5, 0.6) is 0 Å². The summed E-state index contributed by atoms with van der Waals surface area (Å²) >= 11 is 5.67. The Morgan fingerprint density at radius 1 is 1.50 bits per heavy atom. The number of nitrogens with one attached hydrogen (secondary N) is 1. The van der Waals surface area contributed by atoms with Crippen molar-refractivity contribution in [3.05, 3.63) is 29.0 Å². The molecule has 1 aliphatic rings. The maximum absolute atomic E-state index is 13.5. The zero-order valence-corrected chi connectivity index (χ0v) is 10.1. The zero-order valence-electron chi connectivity index (χ0n) is 9.30. The maximum atomic E-state index is 13.5. The molecule has 2 atom stereocenters. The summed E-state index contributed by atoms with van der Waals surface area (Å²) in [6.45, 7) is 3.93. The molecular weight excluding hydrogens is 229 g/mol. The molecule has 0 bridgehead atoms. The predicted octanol–water partition coefficient (Wildman–Crippen LogP) is 3.05. The van der Waals surface area contributed by atoms with Crippen LogP contribution in [0.3, 0.4) is 0 Å². The van der Waals surface area contributed by atoms with Gasteiger partial charge >= 0.3 is 0 Å². The molecule has 0 saturated heterocycles. The first kappa shape index (κ1) is 11.7. The number of rotatable bonds is 2. The molecule has 0 aliphatic heterocycles. The van der Waals surface area contributed by atoms with Crippen molar-refractivity contribution in [2.75, 3.05) is 5.32 Å². The first-order valence-corrected chi connectivity index (χ1v) is 5.68. The molecule has 4 heteroatoms. The summed E-state index contributed by atoms with van der Waals surface area (Å²) in [6.07, 6.45) is 0.329. The Morgan fingerprint density at radius 3 is 2.69 bits per heavy atom. The van der Waals surface area contributed by atoms with E-state index in [0.29, 0.717) is 17.1 Å². The molecule has 0 radical (unpaired) electrons. The lowest BCUT2D eigenvalue weighted by molar-refractivity contribution is -0.0511. The zero-order chi connectivity index (χ0) is 11.9. The number of halogens is 2. The summed E-state index contributed by atoms with van der Waals surface area (Å²) in [6, 6.07) is 4.65. The van der Waals surface area contributed by atoms with Gasteiger partial charge in [-0.1, -0.05) is 25.4 Å². The fourth-order valence-corrected chi connectivity index (χ4v) is 2.10. The van der Waals surface area contributed by atoms with Crippen LogP contribution in [0.15, 0.2) is 18.2 Å². The summed E-state index contributed by atoms with van der Waals surface area (Å²) < 4.78 is 13.5. The van der Waals surface area contributed by atoms with Gasteiger partial charge in [-0.25, -0.2) is 4.39 Å². The van der Waals surface area contributed by atoms with Crippen LogP contribution in [0.4, 0.5) is 10.1 Å². The van der Waals surface area contributed by atoms with Crippen molar-refractivity contribution < 1.29 is 9.50 Å². The highest BCUT2D eigenvalue weighted by molar-refractivity contribution is 6.30.